The predicted octanol–water partition coefficient (Wildman–Crippen LogP) is 2.39. The van der Waals surface area contributed by atoms with Gasteiger partial charge in [0.1, 0.15) is 11.5 Å². The van der Waals surface area contributed by atoms with Gasteiger partial charge in [-0.25, -0.2) is 4.79 Å². The average molecular weight is 384 g/mol. The van der Waals surface area contributed by atoms with Crippen LogP contribution < -0.4 is 19.7 Å². The highest BCUT2D eigenvalue weighted by Gasteiger charge is 2.35. The van der Waals surface area contributed by atoms with Crippen LogP contribution in [0.1, 0.15) is 16.8 Å². The van der Waals surface area contributed by atoms with E-state index in [0.29, 0.717) is 22.9 Å². The van der Waals surface area contributed by atoms with E-state index in [1.54, 1.807) is 30.3 Å². The number of carbonyl (C=O) groups excluding carboxylic acids is 2. The lowest BCUT2D eigenvalue weighted by Gasteiger charge is -2.17. The number of ether oxygens (including phenoxy) is 2. The maximum Gasteiger partial charge on any atom is 0.335 e. The van der Waals surface area contributed by atoms with Crippen molar-refractivity contribution in [3.63, 3.8) is 0 Å². The number of amides is 2. The summed E-state index contributed by atoms with van der Waals surface area (Å²) in [5, 5.41) is 11.8. The van der Waals surface area contributed by atoms with Crippen molar-refractivity contribution < 1.29 is 29.0 Å². The van der Waals surface area contributed by atoms with Gasteiger partial charge in [-0.15, -0.1) is 0 Å². The van der Waals surface area contributed by atoms with Crippen LogP contribution in [0.2, 0.25) is 0 Å². The molecule has 1 aliphatic rings. The molecule has 0 radical (unpaired) electrons. The second kappa shape index (κ2) is 7.99. The first kappa shape index (κ1) is 19.2. The van der Waals surface area contributed by atoms with E-state index in [1.165, 1.54) is 31.3 Å². The summed E-state index contributed by atoms with van der Waals surface area (Å²) in [7, 11) is 3.03. The summed E-state index contributed by atoms with van der Waals surface area (Å²) in [6.07, 6.45) is 0.0744. The third-order valence-electron chi connectivity index (χ3n) is 4.59. The van der Waals surface area contributed by atoms with E-state index < -0.39 is 11.9 Å². The van der Waals surface area contributed by atoms with Crippen molar-refractivity contribution in [1.82, 2.24) is 0 Å². The molecule has 28 heavy (non-hydrogen) atoms. The molecule has 8 nitrogen and oxygen atoms in total. The van der Waals surface area contributed by atoms with Crippen molar-refractivity contribution in [3.8, 4) is 11.5 Å². The molecule has 2 aromatic rings. The van der Waals surface area contributed by atoms with E-state index in [0.717, 1.165) is 0 Å². The molecule has 0 bridgehead atoms. The van der Waals surface area contributed by atoms with Gasteiger partial charge in [-0.3, -0.25) is 9.59 Å². The highest BCUT2D eigenvalue weighted by molar-refractivity contribution is 6.04. The van der Waals surface area contributed by atoms with Gasteiger partial charge in [-0.1, -0.05) is 0 Å². The Balaban J connectivity index is 1.71. The third-order valence-corrected chi connectivity index (χ3v) is 4.59. The number of rotatable bonds is 6. The molecule has 1 atom stereocenters. The molecule has 1 heterocycles. The molecule has 0 saturated carbocycles. The summed E-state index contributed by atoms with van der Waals surface area (Å²) in [6.45, 7) is 0.218. The van der Waals surface area contributed by atoms with Crippen molar-refractivity contribution in [2.45, 2.75) is 6.42 Å². The Bertz CT molecular complexity index is 909. The predicted molar refractivity (Wildman–Crippen MR) is 102 cm³/mol. The first-order valence-corrected chi connectivity index (χ1v) is 8.59. The molecule has 2 N–H and O–H groups in total. The Morgan fingerprint density at radius 3 is 2.43 bits per heavy atom. The zero-order chi connectivity index (χ0) is 20.3. The maximum atomic E-state index is 12.6. The summed E-state index contributed by atoms with van der Waals surface area (Å²) in [5.74, 6) is -0.991. The van der Waals surface area contributed by atoms with Crippen molar-refractivity contribution in [1.29, 1.82) is 0 Å². The quantitative estimate of drug-likeness (QED) is 0.792. The minimum atomic E-state index is -1.04. The summed E-state index contributed by atoms with van der Waals surface area (Å²) in [5.41, 5.74) is 1.19. The van der Waals surface area contributed by atoms with E-state index in [1.807, 2.05) is 0 Å². The monoisotopic (exact) mass is 384 g/mol. The number of nitrogens with one attached hydrogen (secondary N) is 1. The van der Waals surface area contributed by atoms with E-state index in [4.69, 9.17) is 14.6 Å². The lowest BCUT2D eigenvalue weighted by atomic mass is 10.1. The van der Waals surface area contributed by atoms with Crippen LogP contribution in [0.15, 0.2) is 42.5 Å². The van der Waals surface area contributed by atoms with Crippen molar-refractivity contribution in [3.05, 3.63) is 48.0 Å². The van der Waals surface area contributed by atoms with Crippen LogP contribution in [0.5, 0.6) is 11.5 Å². The standard InChI is InChI=1S/C20H20N2O6/c1-27-15-7-8-16(17(10-15)28-2)21-19(24)13-9-18(23)22(11-13)14-5-3-12(4-6-14)20(25)26/h3-8,10,13H,9,11H2,1-2H3,(H,21,24)(H,25,26). The maximum absolute atomic E-state index is 12.6. The molecule has 1 unspecified atom stereocenters. The topological polar surface area (TPSA) is 105 Å². The van der Waals surface area contributed by atoms with Gasteiger partial charge in [-0.05, 0) is 36.4 Å². The number of hydrogen-bond donors (Lipinski definition) is 2. The SMILES string of the molecule is COc1ccc(NC(=O)C2CC(=O)N(c3ccc(C(=O)O)cc3)C2)c(OC)c1. The summed E-state index contributed by atoms with van der Waals surface area (Å²) in [6, 6.07) is 11.0. The molecule has 0 aliphatic carbocycles. The fraction of sp³-hybridized carbons (Fsp3) is 0.250. The summed E-state index contributed by atoms with van der Waals surface area (Å²) >= 11 is 0. The minimum Gasteiger partial charge on any atom is -0.497 e. The minimum absolute atomic E-state index is 0.0744. The van der Waals surface area contributed by atoms with Crippen LogP contribution in [0, 0.1) is 5.92 Å². The fourth-order valence-electron chi connectivity index (χ4n) is 3.05. The second-order valence-electron chi connectivity index (χ2n) is 6.31. The lowest BCUT2D eigenvalue weighted by molar-refractivity contribution is -0.122. The molecule has 3 rings (SSSR count). The molecule has 2 aromatic carbocycles. The Labute approximate surface area is 161 Å². The molecular weight excluding hydrogens is 364 g/mol. The first-order chi connectivity index (χ1) is 13.4. The smallest absolute Gasteiger partial charge is 0.335 e. The second-order valence-corrected chi connectivity index (χ2v) is 6.31. The lowest BCUT2D eigenvalue weighted by Crippen LogP contribution is -2.28. The van der Waals surface area contributed by atoms with Gasteiger partial charge >= 0.3 is 5.97 Å². The molecule has 8 heteroatoms. The number of carboxylic acids is 1. The molecule has 0 spiro atoms. The van der Waals surface area contributed by atoms with Crippen LogP contribution in [-0.2, 0) is 9.59 Å². The Morgan fingerprint density at radius 1 is 1.11 bits per heavy atom. The number of carboxylic acid groups (broad SMARTS) is 1. The van der Waals surface area contributed by atoms with Crippen molar-refractivity contribution in [2.75, 3.05) is 31.0 Å². The number of benzene rings is 2. The van der Waals surface area contributed by atoms with E-state index >= 15 is 0 Å². The number of anilines is 2. The first-order valence-electron chi connectivity index (χ1n) is 8.59. The molecule has 1 fully saturated rings. The molecule has 1 saturated heterocycles. The van der Waals surface area contributed by atoms with Crippen LogP contribution in [0.3, 0.4) is 0 Å². The normalized spacial score (nSPS) is 16.0. The zero-order valence-electron chi connectivity index (χ0n) is 15.5. The molecule has 146 valence electrons. The number of aromatic carboxylic acids is 1. The van der Waals surface area contributed by atoms with E-state index in [9.17, 15) is 14.4 Å². The van der Waals surface area contributed by atoms with Gasteiger partial charge < -0.3 is 24.8 Å². The van der Waals surface area contributed by atoms with Gasteiger partial charge in [0.05, 0.1) is 31.4 Å². The van der Waals surface area contributed by atoms with Crippen LogP contribution in [-0.4, -0.2) is 43.7 Å². The number of methoxy groups -OCH3 is 2. The molecule has 0 aromatic heterocycles. The fourth-order valence-corrected chi connectivity index (χ4v) is 3.05. The van der Waals surface area contributed by atoms with Crippen molar-refractivity contribution >= 4 is 29.2 Å². The Morgan fingerprint density at radius 2 is 1.82 bits per heavy atom. The van der Waals surface area contributed by atoms with Crippen LogP contribution >= 0.6 is 0 Å². The van der Waals surface area contributed by atoms with Crippen molar-refractivity contribution in [2.24, 2.45) is 5.92 Å². The highest BCUT2D eigenvalue weighted by Crippen LogP contribution is 2.31. The molecule has 2 amide bonds. The molecular formula is C20H20N2O6. The van der Waals surface area contributed by atoms with Gasteiger partial charge in [0, 0.05) is 24.7 Å². The van der Waals surface area contributed by atoms with Crippen LogP contribution in [0.4, 0.5) is 11.4 Å². The number of hydrogen-bond acceptors (Lipinski definition) is 5. The largest absolute Gasteiger partial charge is 0.497 e. The van der Waals surface area contributed by atoms with E-state index in [-0.39, 0.29) is 30.3 Å². The Kier molecular flexibility index (Phi) is 5.49. The summed E-state index contributed by atoms with van der Waals surface area (Å²) < 4.78 is 10.4. The Hall–Kier alpha value is -3.55. The number of nitrogens with zero attached hydrogens (tertiary/aromatic N) is 1. The third kappa shape index (κ3) is 3.90. The van der Waals surface area contributed by atoms with Gasteiger partial charge in [0.2, 0.25) is 11.8 Å². The van der Waals surface area contributed by atoms with Crippen LogP contribution in [0.25, 0.3) is 0 Å². The highest BCUT2D eigenvalue weighted by atomic mass is 16.5. The number of carbonyl (C=O) groups is 3. The molecule has 1 aliphatic heterocycles. The average Bonchev–Trinajstić information content (AvgIpc) is 3.10. The summed E-state index contributed by atoms with van der Waals surface area (Å²) in [4.78, 5) is 37.4. The van der Waals surface area contributed by atoms with E-state index in [2.05, 4.69) is 5.32 Å². The van der Waals surface area contributed by atoms with Gasteiger partial charge in [0.15, 0.2) is 0 Å². The van der Waals surface area contributed by atoms with Gasteiger partial charge in [0.25, 0.3) is 0 Å². The zero-order valence-corrected chi connectivity index (χ0v) is 15.5. The van der Waals surface area contributed by atoms with Gasteiger partial charge in [-0.2, -0.15) is 0 Å².